The van der Waals surface area contributed by atoms with Crippen LogP contribution < -0.4 is 10.2 Å². The summed E-state index contributed by atoms with van der Waals surface area (Å²) in [7, 11) is 1.67. The zero-order valence-corrected chi connectivity index (χ0v) is 17.7. The van der Waals surface area contributed by atoms with Crippen LogP contribution in [0.15, 0.2) is 42.5 Å². The Kier molecular flexibility index (Phi) is 7.21. The lowest BCUT2D eigenvalue weighted by Crippen LogP contribution is -2.44. The molecule has 2 rings (SSSR count). The summed E-state index contributed by atoms with van der Waals surface area (Å²) in [5, 5.41) is 2.93. The number of amides is 2. The number of carbonyl (C=O) groups is 2. The van der Waals surface area contributed by atoms with E-state index in [1.807, 2.05) is 68.1 Å². The van der Waals surface area contributed by atoms with Crippen LogP contribution in [-0.4, -0.2) is 42.9 Å². The maximum atomic E-state index is 12.7. The summed E-state index contributed by atoms with van der Waals surface area (Å²) in [5.41, 5.74) is 5.01. The third-order valence-electron chi connectivity index (χ3n) is 4.85. The van der Waals surface area contributed by atoms with Gasteiger partial charge in [0.05, 0.1) is 13.1 Å². The molecule has 0 bridgehead atoms. The van der Waals surface area contributed by atoms with Crippen LogP contribution in [0.2, 0.25) is 0 Å². The molecule has 0 saturated heterocycles. The van der Waals surface area contributed by atoms with E-state index in [0.717, 1.165) is 22.5 Å². The maximum absolute atomic E-state index is 12.7. The largest absolute Gasteiger partial charge is 0.360 e. The number of para-hydroxylation sites is 1. The Hall–Kier alpha value is -2.82. The third-order valence-corrected chi connectivity index (χ3v) is 4.85. The molecule has 0 heterocycles. The van der Waals surface area contributed by atoms with E-state index in [2.05, 4.69) is 19.2 Å². The second-order valence-electron chi connectivity index (χ2n) is 7.62. The van der Waals surface area contributed by atoms with Crippen molar-refractivity contribution in [3.63, 3.8) is 0 Å². The smallest absolute Gasteiger partial charge is 0.243 e. The average molecular weight is 382 g/mol. The molecular weight excluding hydrogens is 350 g/mol. The molecule has 0 unspecified atom stereocenters. The number of carbonyl (C=O) groups excluding carboxylic acids is 2. The molecule has 0 atom stereocenters. The molecule has 0 aliphatic carbocycles. The third kappa shape index (κ3) is 5.59. The number of benzene rings is 2. The predicted octanol–water partition coefficient (Wildman–Crippen LogP) is 3.92. The van der Waals surface area contributed by atoms with Crippen molar-refractivity contribution >= 4 is 23.2 Å². The van der Waals surface area contributed by atoms with Crippen molar-refractivity contribution in [2.24, 2.45) is 0 Å². The molecule has 2 amide bonds. The highest BCUT2D eigenvalue weighted by molar-refractivity contribution is 5.96. The van der Waals surface area contributed by atoms with Crippen molar-refractivity contribution in [1.82, 2.24) is 4.90 Å². The highest BCUT2D eigenvalue weighted by Gasteiger charge is 2.19. The van der Waals surface area contributed by atoms with E-state index in [9.17, 15) is 9.59 Å². The van der Waals surface area contributed by atoms with Crippen LogP contribution in [0.1, 0.15) is 30.5 Å². The summed E-state index contributed by atoms with van der Waals surface area (Å²) in [4.78, 5) is 28.7. The minimum Gasteiger partial charge on any atom is -0.360 e. The van der Waals surface area contributed by atoms with E-state index in [1.54, 1.807) is 7.05 Å². The maximum Gasteiger partial charge on any atom is 0.243 e. The molecule has 1 N–H and O–H groups in total. The van der Waals surface area contributed by atoms with Crippen molar-refractivity contribution in [1.29, 1.82) is 0 Å². The van der Waals surface area contributed by atoms with Crippen molar-refractivity contribution in [2.75, 3.05) is 30.4 Å². The van der Waals surface area contributed by atoms with Gasteiger partial charge in [0.2, 0.25) is 11.8 Å². The van der Waals surface area contributed by atoms with E-state index in [0.29, 0.717) is 0 Å². The Balaban J connectivity index is 2.00. The lowest BCUT2D eigenvalue weighted by atomic mass is 10.1. The number of aryl methyl sites for hydroxylation is 3. The van der Waals surface area contributed by atoms with Crippen LogP contribution in [0, 0.1) is 20.8 Å². The molecule has 2 aromatic rings. The monoisotopic (exact) mass is 381 g/mol. The Morgan fingerprint density at radius 2 is 1.50 bits per heavy atom. The summed E-state index contributed by atoms with van der Waals surface area (Å²) in [6.07, 6.45) is 0. The first-order valence-electron chi connectivity index (χ1n) is 9.62. The summed E-state index contributed by atoms with van der Waals surface area (Å²) in [6.45, 7) is 10.3. The highest BCUT2D eigenvalue weighted by atomic mass is 16.2. The van der Waals surface area contributed by atoms with Gasteiger partial charge in [0.25, 0.3) is 0 Å². The quantitative estimate of drug-likeness (QED) is 0.791. The van der Waals surface area contributed by atoms with Gasteiger partial charge in [0.1, 0.15) is 0 Å². The van der Waals surface area contributed by atoms with Crippen LogP contribution in [0.4, 0.5) is 11.4 Å². The Morgan fingerprint density at radius 3 is 2.04 bits per heavy atom. The first-order chi connectivity index (χ1) is 13.2. The van der Waals surface area contributed by atoms with Crippen LogP contribution in [-0.2, 0) is 9.59 Å². The fourth-order valence-electron chi connectivity index (χ4n) is 3.07. The van der Waals surface area contributed by atoms with Gasteiger partial charge in [-0.05, 0) is 57.9 Å². The molecule has 0 aromatic heterocycles. The Morgan fingerprint density at radius 1 is 0.929 bits per heavy atom. The van der Waals surface area contributed by atoms with Crippen LogP contribution in [0.3, 0.4) is 0 Å². The molecule has 0 aliphatic rings. The van der Waals surface area contributed by atoms with E-state index < -0.39 is 0 Å². The fraction of sp³-hybridized carbons (Fsp3) is 0.391. The molecule has 0 saturated carbocycles. The number of likely N-dealkylation sites (N-methyl/N-ethyl adjacent to an activating group) is 1. The van der Waals surface area contributed by atoms with Crippen molar-refractivity contribution in [2.45, 2.75) is 40.7 Å². The summed E-state index contributed by atoms with van der Waals surface area (Å²) in [6, 6.07) is 14.2. The molecule has 150 valence electrons. The molecule has 0 spiro atoms. The van der Waals surface area contributed by atoms with Gasteiger partial charge in [-0.25, -0.2) is 0 Å². The molecule has 5 heteroatoms. The van der Waals surface area contributed by atoms with Crippen LogP contribution in [0.25, 0.3) is 0 Å². The molecule has 0 radical (unpaired) electrons. The van der Waals surface area contributed by atoms with Crippen molar-refractivity contribution in [3.05, 3.63) is 59.2 Å². The number of hydrogen-bond acceptors (Lipinski definition) is 3. The topological polar surface area (TPSA) is 52.7 Å². The van der Waals surface area contributed by atoms with Gasteiger partial charge < -0.3 is 15.1 Å². The van der Waals surface area contributed by atoms with Gasteiger partial charge in [-0.3, -0.25) is 9.59 Å². The van der Waals surface area contributed by atoms with Gasteiger partial charge in [0.15, 0.2) is 0 Å². The van der Waals surface area contributed by atoms with Gasteiger partial charge in [0, 0.05) is 24.5 Å². The van der Waals surface area contributed by atoms with Crippen LogP contribution in [0.5, 0.6) is 0 Å². The van der Waals surface area contributed by atoms with Crippen LogP contribution >= 0.6 is 0 Å². The summed E-state index contributed by atoms with van der Waals surface area (Å²) >= 11 is 0. The first-order valence-corrected chi connectivity index (χ1v) is 9.62. The Labute approximate surface area is 168 Å². The summed E-state index contributed by atoms with van der Waals surface area (Å²) in [5.74, 6) is -0.286. The number of rotatable bonds is 7. The normalized spacial score (nSPS) is 10.7. The SMILES string of the molecule is Cc1ccc(N(CC(=O)N(C)CC(=O)Nc2c(C)cccc2C)C(C)C)cc1. The van der Waals surface area contributed by atoms with E-state index in [1.165, 1.54) is 10.5 Å². The van der Waals surface area contributed by atoms with Gasteiger partial charge >= 0.3 is 0 Å². The number of hydrogen-bond donors (Lipinski definition) is 1. The number of nitrogens with zero attached hydrogens (tertiary/aromatic N) is 2. The lowest BCUT2D eigenvalue weighted by Gasteiger charge is -2.30. The number of anilines is 2. The molecule has 0 fully saturated rings. The molecule has 28 heavy (non-hydrogen) atoms. The van der Waals surface area contributed by atoms with Crippen molar-refractivity contribution < 1.29 is 9.59 Å². The lowest BCUT2D eigenvalue weighted by molar-refractivity contribution is -0.132. The highest BCUT2D eigenvalue weighted by Crippen LogP contribution is 2.20. The molecule has 5 nitrogen and oxygen atoms in total. The summed E-state index contributed by atoms with van der Waals surface area (Å²) < 4.78 is 0. The number of nitrogens with one attached hydrogen (secondary N) is 1. The zero-order valence-electron chi connectivity index (χ0n) is 17.7. The van der Waals surface area contributed by atoms with Gasteiger partial charge in [-0.1, -0.05) is 35.9 Å². The minimum absolute atomic E-state index is 0.0203. The second-order valence-corrected chi connectivity index (χ2v) is 7.62. The average Bonchev–Trinajstić information content (AvgIpc) is 2.63. The molecular formula is C23H31N3O2. The van der Waals surface area contributed by atoms with E-state index in [4.69, 9.17) is 0 Å². The van der Waals surface area contributed by atoms with Gasteiger partial charge in [-0.2, -0.15) is 0 Å². The molecule has 0 aliphatic heterocycles. The molecule has 2 aromatic carbocycles. The second kappa shape index (κ2) is 9.40. The first kappa shape index (κ1) is 21.5. The standard InChI is InChI=1S/C23H31N3O2/c1-16(2)26(20-12-10-17(3)11-13-20)15-22(28)25(6)14-21(27)24-23-18(4)8-7-9-19(23)5/h7-13,16H,14-15H2,1-6H3,(H,24,27). The van der Waals surface area contributed by atoms with Gasteiger partial charge in [-0.15, -0.1) is 0 Å². The van der Waals surface area contributed by atoms with E-state index in [-0.39, 0.29) is 30.9 Å². The predicted molar refractivity (Wildman–Crippen MR) is 116 cm³/mol. The Bertz CT molecular complexity index is 808. The van der Waals surface area contributed by atoms with Crippen molar-refractivity contribution in [3.8, 4) is 0 Å². The fourth-order valence-corrected chi connectivity index (χ4v) is 3.07. The van der Waals surface area contributed by atoms with E-state index >= 15 is 0 Å². The zero-order chi connectivity index (χ0) is 20.8. The minimum atomic E-state index is -0.195.